The van der Waals surface area contributed by atoms with Gasteiger partial charge in [-0.1, -0.05) is 54.6 Å². The van der Waals surface area contributed by atoms with Gasteiger partial charge in [0.25, 0.3) is 0 Å². The Morgan fingerprint density at radius 2 is 1.59 bits per heavy atom. The second-order valence-electron chi connectivity index (χ2n) is 6.99. The average Bonchev–Trinajstić information content (AvgIpc) is 2.75. The minimum Gasteiger partial charge on any atom is -0.457 e. The van der Waals surface area contributed by atoms with Crippen molar-refractivity contribution in [1.82, 2.24) is 0 Å². The molecule has 0 saturated carbocycles. The first-order chi connectivity index (χ1) is 14.0. The Morgan fingerprint density at radius 3 is 2.31 bits per heavy atom. The Morgan fingerprint density at radius 1 is 0.897 bits per heavy atom. The maximum atomic E-state index is 12.5. The molecule has 4 aromatic rings. The first-order valence-corrected chi connectivity index (χ1v) is 9.38. The fourth-order valence-corrected chi connectivity index (χ4v) is 3.30. The van der Waals surface area contributed by atoms with Crippen molar-refractivity contribution in [2.24, 2.45) is 0 Å². The minimum atomic E-state index is -0.454. The molecule has 0 aliphatic heterocycles. The van der Waals surface area contributed by atoms with Crippen molar-refractivity contribution in [1.29, 1.82) is 0 Å². The summed E-state index contributed by atoms with van der Waals surface area (Å²) in [5.41, 5.74) is 5.23. The minimum absolute atomic E-state index is 0.00384. The number of carbonyl (C=O) groups excluding carboxylic acids is 1. The molecular weight excluding hydrogens is 364 g/mol. The van der Waals surface area contributed by atoms with E-state index in [0.717, 1.165) is 27.6 Å². The number of carbonyl (C=O) groups is 1. The van der Waals surface area contributed by atoms with Gasteiger partial charge in [0.05, 0.1) is 5.56 Å². The Hall–Kier alpha value is -3.66. The van der Waals surface area contributed by atoms with Gasteiger partial charge in [-0.3, -0.25) is 0 Å². The molecule has 0 atom stereocenters. The summed E-state index contributed by atoms with van der Waals surface area (Å²) in [4.78, 5) is 24.4. The van der Waals surface area contributed by atoms with Crippen molar-refractivity contribution in [3.8, 4) is 11.1 Å². The molecule has 4 heteroatoms. The van der Waals surface area contributed by atoms with Crippen LogP contribution in [-0.2, 0) is 11.3 Å². The summed E-state index contributed by atoms with van der Waals surface area (Å²) in [5, 5.41) is 0.778. The fraction of sp³-hybridized carbons (Fsp3) is 0.120. The summed E-state index contributed by atoms with van der Waals surface area (Å²) in [6, 6.07) is 22.5. The van der Waals surface area contributed by atoms with E-state index in [0.29, 0.717) is 16.7 Å². The molecule has 0 fully saturated rings. The highest BCUT2D eigenvalue weighted by molar-refractivity contribution is 5.90. The van der Waals surface area contributed by atoms with E-state index in [4.69, 9.17) is 9.15 Å². The van der Waals surface area contributed by atoms with Crippen molar-refractivity contribution >= 4 is 16.9 Å². The van der Waals surface area contributed by atoms with Crippen LogP contribution in [0, 0.1) is 13.8 Å². The summed E-state index contributed by atoms with van der Waals surface area (Å²) in [7, 11) is 0. The molecule has 0 N–H and O–H groups in total. The summed E-state index contributed by atoms with van der Waals surface area (Å²) in [6.07, 6.45) is 0. The van der Waals surface area contributed by atoms with Crippen molar-refractivity contribution in [2.75, 3.05) is 0 Å². The highest BCUT2D eigenvalue weighted by atomic mass is 16.5. The molecule has 1 aromatic heterocycles. The van der Waals surface area contributed by atoms with Crippen molar-refractivity contribution in [2.45, 2.75) is 20.5 Å². The van der Waals surface area contributed by atoms with E-state index in [2.05, 4.69) is 0 Å². The zero-order valence-electron chi connectivity index (χ0n) is 16.3. The topological polar surface area (TPSA) is 56.5 Å². The lowest BCUT2D eigenvalue weighted by molar-refractivity contribution is 0.0474. The molecule has 29 heavy (non-hydrogen) atoms. The van der Waals surface area contributed by atoms with Gasteiger partial charge >= 0.3 is 11.6 Å². The Kier molecular flexibility index (Phi) is 5.00. The molecule has 0 unspecified atom stereocenters. The molecule has 144 valence electrons. The SMILES string of the molecule is Cc1ccc2c(COC(=O)c3ccc(-c4ccccc4)cc3)cc(=O)oc2c1C. The van der Waals surface area contributed by atoms with Gasteiger partial charge in [0.2, 0.25) is 0 Å². The monoisotopic (exact) mass is 384 g/mol. The third-order valence-electron chi connectivity index (χ3n) is 5.10. The number of hydrogen-bond donors (Lipinski definition) is 0. The zero-order chi connectivity index (χ0) is 20.4. The molecule has 0 spiro atoms. The van der Waals surface area contributed by atoms with Crippen LogP contribution in [0.25, 0.3) is 22.1 Å². The lowest BCUT2D eigenvalue weighted by Gasteiger charge is -2.10. The van der Waals surface area contributed by atoms with Gasteiger partial charge in [0, 0.05) is 17.0 Å². The number of hydrogen-bond acceptors (Lipinski definition) is 4. The number of fused-ring (bicyclic) bond motifs is 1. The zero-order valence-corrected chi connectivity index (χ0v) is 16.3. The summed E-state index contributed by atoms with van der Waals surface area (Å²) < 4.78 is 10.8. The second kappa shape index (κ2) is 7.76. The maximum Gasteiger partial charge on any atom is 0.338 e. The fourth-order valence-electron chi connectivity index (χ4n) is 3.30. The lowest BCUT2D eigenvalue weighted by atomic mass is 10.0. The third kappa shape index (κ3) is 3.83. The van der Waals surface area contributed by atoms with Crippen molar-refractivity contribution < 1.29 is 13.9 Å². The van der Waals surface area contributed by atoms with E-state index < -0.39 is 11.6 Å². The molecule has 0 bridgehead atoms. The average molecular weight is 384 g/mol. The first-order valence-electron chi connectivity index (χ1n) is 9.38. The maximum absolute atomic E-state index is 12.5. The van der Waals surface area contributed by atoms with Crippen molar-refractivity contribution in [3.05, 3.63) is 105 Å². The van der Waals surface area contributed by atoms with Gasteiger partial charge in [-0.15, -0.1) is 0 Å². The highest BCUT2D eigenvalue weighted by Crippen LogP contribution is 2.24. The lowest BCUT2D eigenvalue weighted by Crippen LogP contribution is -2.08. The van der Waals surface area contributed by atoms with Crippen LogP contribution in [-0.4, -0.2) is 5.97 Å². The standard InChI is InChI=1S/C25H20O4/c1-16-8-13-22-21(14-23(26)29-24(22)17(16)2)15-28-25(27)20-11-9-19(10-12-20)18-6-4-3-5-7-18/h3-14H,15H2,1-2H3. The van der Waals surface area contributed by atoms with E-state index in [1.54, 1.807) is 12.1 Å². The molecule has 0 saturated heterocycles. The molecule has 4 nitrogen and oxygen atoms in total. The van der Waals surface area contributed by atoms with E-state index in [-0.39, 0.29) is 6.61 Å². The smallest absolute Gasteiger partial charge is 0.338 e. The molecule has 0 aliphatic rings. The van der Waals surface area contributed by atoms with Gasteiger partial charge in [-0.05, 0) is 48.2 Å². The van der Waals surface area contributed by atoms with Crippen LogP contribution < -0.4 is 5.63 Å². The van der Waals surface area contributed by atoms with Gasteiger partial charge < -0.3 is 9.15 Å². The number of aryl methyl sites for hydroxylation is 2. The predicted octanol–water partition coefficient (Wildman–Crippen LogP) is 5.43. The molecule has 3 aromatic carbocycles. The number of ether oxygens (including phenoxy) is 1. The predicted molar refractivity (Wildman–Crippen MR) is 113 cm³/mol. The number of benzene rings is 3. The molecular formula is C25H20O4. The van der Waals surface area contributed by atoms with E-state index in [1.807, 2.05) is 68.4 Å². The Bertz CT molecular complexity index is 1240. The molecule has 1 heterocycles. The first kappa shape index (κ1) is 18.7. The quantitative estimate of drug-likeness (QED) is 0.348. The largest absolute Gasteiger partial charge is 0.457 e. The van der Waals surface area contributed by atoms with Gasteiger partial charge in [0.15, 0.2) is 0 Å². The Labute approximate surface area is 168 Å². The summed E-state index contributed by atoms with van der Waals surface area (Å²) >= 11 is 0. The van der Waals surface area contributed by atoms with E-state index in [1.165, 1.54) is 6.07 Å². The highest BCUT2D eigenvalue weighted by Gasteiger charge is 2.13. The Balaban J connectivity index is 1.54. The molecule has 4 rings (SSSR count). The van der Waals surface area contributed by atoms with Gasteiger partial charge in [-0.2, -0.15) is 0 Å². The van der Waals surface area contributed by atoms with Gasteiger partial charge in [-0.25, -0.2) is 9.59 Å². The van der Waals surface area contributed by atoms with Crippen LogP contribution in [0.1, 0.15) is 27.0 Å². The summed E-state index contributed by atoms with van der Waals surface area (Å²) in [5.74, 6) is -0.435. The number of rotatable bonds is 4. The van der Waals surface area contributed by atoms with Gasteiger partial charge in [0.1, 0.15) is 12.2 Å². The molecule has 0 radical (unpaired) electrons. The molecule has 0 amide bonds. The van der Waals surface area contributed by atoms with Crippen LogP contribution in [0.15, 0.2) is 82.0 Å². The summed E-state index contributed by atoms with van der Waals surface area (Å²) in [6.45, 7) is 3.87. The number of esters is 1. The van der Waals surface area contributed by atoms with Crippen LogP contribution in [0.4, 0.5) is 0 Å². The molecule has 0 aliphatic carbocycles. The van der Waals surface area contributed by atoms with E-state index >= 15 is 0 Å². The second-order valence-corrected chi connectivity index (χ2v) is 6.99. The van der Waals surface area contributed by atoms with Crippen molar-refractivity contribution in [3.63, 3.8) is 0 Å². The van der Waals surface area contributed by atoms with E-state index in [9.17, 15) is 9.59 Å². The third-order valence-corrected chi connectivity index (χ3v) is 5.10. The van der Waals surface area contributed by atoms with Crippen LogP contribution in [0.2, 0.25) is 0 Å². The van der Waals surface area contributed by atoms with Crippen LogP contribution >= 0.6 is 0 Å². The van der Waals surface area contributed by atoms with Crippen LogP contribution in [0.5, 0.6) is 0 Å². The van der Waals surface area contributed by atoms with Crippen LogP contribution in [0.3, 0.4) is 0 Å². The normalized spacial score (nSPS) is 10.8.